The summed E-state index contributed by atoms with van der Waals surface area (Å²) in [6.45, 7) is 0. The largest absolute Gasteiger partial charge is 0.388 e. The lowest BCUT2D eigenvalue weighted by Crippen LogP contribution is -2.03. The van der Waals surface area contributed by atoms with Crippen LogP contribution in [0.15, 0.2) is 41.0 Å². The van der Waals surface area contributed by atoms with Gasteiger partial charge in [-0.2, -0.15) is 0 Å². The number of aliphatic hydroxyl groups is 1. The molecular weight excluding hydrogens is 428 g/mol. The molecule has 0 amide bonds. The van der Waals surface area contributed by atoms with Crippen LogP contribution in [0.1, 0.15) is 17.4 Å². The molecule has 1 N–H and O–H groups in total. The van der Waals surface area contributed by atoms with Crippen LogP contribution in [0, 0.1) is 3.57 Å². The third-order valence-corrected chi connectivity index (χ3v) is 4.56. The van der Waals surface area contributed by atoms with Crippen molar-refractivity contribution in [3.05, 3.63) is 60.9 Å². The van der Waals surface area contributed by atoms with Gasteiger partial charge in [0.25, 0.3) is 0 Å². The number of pyridine rings is 1. The van der Waals surface area contributed by atoms with Crippen LogP contribution in [0.5, 0.6) is 0 Å². The van der Waals surface area contributed by atoms with Crippen LogP contribution in [0.25, 0.3) is 0 Å². The first-order chi connectivity index (χ1) is 8.56. The SMILES string of the molecule is OC(Cc1ccc(Br)cn1)c1ccc(I)c(Cl)c1. The molecular formula is C13H10BrClINO. The lowest BCUT2D eigenvalue weighted by molar-refractivity contribution is 0.177. The fraction of sp³-hybridized carbons (Fsp3) is 0.154. The Labute approximate surface area is 133 Å². The predicted molar refractivity (Wildman–Crippen MR) is 84.8 cm³/mol. The molecule has 1 heterocycles. The Hall–Kier alpha value is -0.170. The van der Waals surface area contributed by atoms with Gasteiger partial charge in [-0.1, -0.05) is 17.7 Å². The summed E-state index contributed by atoms with van der Waals surface area (Å²) in [7, 11) is 0. The minimum absolute atomic E-state index is 0.476. The molecule has 94 valence electrons. The van der Waals surface area contributed by atoms with Crippen molar-refractivity contribution in [3.63, 3.8) is 0 Å². The first kappa shape index (κ1) is 14.2. The van der Waals surface area contributed by atoms with Crippen LogP contribution < -0.4 is 0 Å². The Kier molecular flexibility index (Phi) is 5.00. The number of rotatable bonds is 3. The lowest BCUT2D eigenvalue weighted by Gasteiger charge is -2.11. The van der Waals surface area contributed by atoms with Gasteiger partial charge in [-0.3, -0.25) is 4.98 Å². The summed E-state index contributed by atoms with van der Waals surface area (Å²) < 4.78 is 1.91. The van der Waals surface area contributed by atoms with E-state index in [9.17, 15) is 5.11 Å². The Balaban J connectivity index is 2.13. The number of benzene rings is 1. The zero-order chi connectivity index (χ0) is 13.1. The van der Waals surface area contributed by atoms with Crippen LogP contribution in [0.4, 0.5) is 0 Å². The van der Waals surface area contributed by atoms with E-state index in [0.717, 1.165) is 19.3 Å². The first-order valence-electron chi connectivity index (χ1n) is 5.29. The zero-order valence-electron chi connectivity index (χ0n) is 9.28. The number of nitrogens with zero attached hydrogens (tertiary/aromatic N) is 1. The predicted octanol–water partition coefficient (Wildman–Crippen LogP) is 4.38. The van der Waals surface area contributed by atoms with Crippen molar-refractivity contribution in [2.75, 3.05) is 0 Å². The van der Waals surface area contributed by atoms with E-state index in [-0.39, 0.29) is 0 Å². The normalized spacial score (nSPS) is 12.4. The summed E-state index contributed by atoms with van der Waals surface area (Å²) in [5, 5.41) is 10.8. The van der Waals surface area contributed by atoms with Gasteiger partial charge in [0.2, 0.25) is 0 Å². The number of aromatic nitrogens is 1. The molecule has 0 fully saturated rings. The van der Waals surface area contributed by atoms with Crippen molar-refractivity contribution < 1.29 is 5.11 Å². The smallest absolute Gasteiger partial charge is 0.0846 e. The van der Waals surface area contributed by atoms with E-state index in [0.29, 0.717) is 11.4 Å². The molecule has 0 aliphatic rings. The second-order valence-electron chi connectivity index (χ2n) is 3.86. The Morgan fingerprint density at radius 1 is 1.33 bits per heavy atom. The van der Waals surface area contributed by atoms with Gasteiger partial charge in [-0.05, 0) is 68.3 Å². The third kappa shape index (κ3) is 3.66. The molecule has 0 aliphatic carbocycles. The molecule has 5 heteroatoms. The molecule has 0 saturated carbocycles. The molecule has 1 aromatic heterocycles. The second kappa shape index (κ2) is 6.32. The van der Waals surface area contributed by atoms with E-state index >= 15 is 0 Å². The van der Waals surface area contributed by atoms with Crippen molar-refractivity contribution in [2.24, 2.45) is 0 Å². The van der Waals surface area contributed by atoms with Crippen molar-refractivity contribution in [1.29, 1.82) is 0 Å². The first-order valence-corrected chi connectivity index (χ1v) is 7.54. The van der Waals surface area contributed by atoms with E-state index in [4.69, 9.17) is 11.6 Å². The van der Waals surface area contributed by atoms with E-state index in [2.05, 4.69) is 43.5 Å². The lowest BCUT2D eigenvalue weighted by atomic mass is 10.0. The second-order valence-corrected chi connectivity index (χ2v) is 6.35. The highest BCUT2D eigenvalue weighted by molar-refractivity contribution is 14.1. The number of hydrogen-bond acceptors (Lipinski definition) is 2. The molecule has 1 unspecified atom stereocenters. The van der Waals surface area contributed by atoms with Crippen molar-refractivity contribution >= 4 is 50.1 Å². The molecule has 18 heavy (non-hydrogen) atoms. The van der Waals surface area contributed by atoms with Crippen LogP contribution in [0.3, 0.4) is 0 Å². The van der Waals surface area contributed by atoms with Crippen LogP contribution >= 0.6 is 50.1 Å². The van der Waals surface area contributed by atoms with E-state index in [1.54, 1.807) is 12.3 Å². The van der Waals surface area contributed by atoms with Crippen molar-refractivity contribution in [2.45, 2.75) is 12.5 Å². The summed E-state index contributed by atoms with van der Waals surface area (Å²) in [4.78, 5) is 4.24. The molecule has 1 atom stereocenters. The summed E-state index contributed by atoms with van der Waals surface area (Å²) >= 11 is 11.5. The highest BCUT2D eigenvalue weighted by Crippen LogP contribution is 2.25. The molecule has 2 aromatic rings. The van der Waals surface area contributed by atoms with Gasteiger partial charge in [0.05, 0.1) is 11.1 Å². The van der Waals surface area contributed by atoms with Gasteiger partial charge in [0, 0.05) is 26.4 Å². The Bertz CT molecular complexity index is 547. The average Bonchev–Trinajstić information content (AvgIpc) is 2.35. The fourth-order valence-electron chi connectivity index (χ4n) is 1.56. The maximum absolute atomic E-state index is 10.1. The van der Waals surface area contributed by atoms with Gasteiger partial charge in [-0.15, -0.1) is 0 Å². The Morgan fingerprint density at radius 3 is 2.72 bits per heavy atom. The summed E-state index contributed by atoms with van der Waals surface area (Å²) in [5.41, 5.74) is 1.66. The van der Waals surface area contributed by atoms with Crippen LogP contribution in [-0.2, 0) is 6.42 Å². The number of hydrogen-bond donors (Lipinski definition) is 1. The summed E-state index contributed by atoms with van der Waals surface area (Å²) in [5.74, 6) is 0. The van der Waals surface area contributed by atoms with Crippen LogP contribution in [0.2, 0.25) is 5.02 Å². The van der Waals surface area contributed by atoms with Gasteiger partial charge in [0.1, 0.15) is 0 Å². The van der Waals surface area contributed by atoms with Crippen molar-refractivity contribution in [3.8, 4) is 0 Å². The maximum Gasteiger partial charge on any atom is 0.0846 e. The fourth-order valence-corrected chi connectivity index (χ4v) is 2.32. The maximum atomic E-state index is 10.1. The molecule has 2 rings (SSSR count). The average molecular weight is 438 g/mol. The Morgan fingerprint density at radius 2 is 2.11 bits per heavy atom. The minimum Gasteiger partial charge on any atom is -0.388 e. The monoisotopic (exact) mass is 437 g/mol. The summed E-state index contributed by atoms with van der Waals surface area (Å²) in [6.07, 6.45) is 1.61. The quantitative estimate of drug-likeness (QED) is 0.722. The highest BCUT2D eigenvalue weighted by Gasteiger charge is 2.11. The molecule has 0 radical (unpaired) electrons. The van der Waals surface area contributed by atoms with Gasteiger partial charge in [-0.25, -0.2) is 0 Å². The summed E-state index contributed by atoms with van der Waals surface area (Å²) in [6, 6.07) is 9.39. The van der Waals surface area contributed by atoms with Gasteiger partial charge >= 0.3 is 0 Å². The van der Waals surface area contributed by atoms with Crippen molar-refractivity contribution in [1.82, 2.24) is 4.98 Å². The molecule has 0 bridgehead atoms. The van der Waals surface area contributed by atoms with E-state index < -0.39 is 6.10 Å². The van der Waals surface area contributed by atoms with E-state index in [1.807, 2.05) is 24.3 Å². The van der Waals surface area contributed by atoms with Gasteiger partial charge in [0.15, 0.2) is 0 Å². The topological polar surface area (TPSA) is 33.1 Å². The molecule has 1 aromatic carbocycles. The molecule has 0 spiro atoms. The molecule has 0 aliphatic heterocycles. The standard InChI is InChI=1S/C13H10BrClINO/c14-9-2-3-10(17-7-9)6-13(18)8-1-4-12(16)11(15)5-8/h1-5,7,13,18H,6H2. The zero-order valence-corrected chi connectivity index (χ0v) is 13.8. The highest BCUT2D eigenvalue weighted by atomic mass is 127. The van der Waals surface area contributed by atoms with Gasteiger partial charge < -0.3 is 5.11 Å². The molecule has 0 saturated heterocycles. The third-order valence-electron chi connectivity index (χ3n) is 2.52. The van der Waals surface area contributed by atoms with E-state index in [1.165, 1.54) is 0 Å². The minimum atomic E-state index is -0.590. The number of aliphatic hydroxyl groups excluding tert-OH is 1. The molecule has 2 nitrogen and oxygen atoms in total. The van der Waals surface area contributed by atoms with Crippen LogP contribution in [-0.4, -0.2) is 10.1 Å². The number of halogens is 3.